The van der Waals surface area contributed by atoms with Crippen molar-refractivity contribution in [1.82, 2.24) is 14.8 Å². The second-order valence-electron chi connectivity index (χ2n) is 8.52. The summed E-state index contributed by atoms with van der Waals surface area (Å²) in [6.07, 6.45) is 2.98. The SMILES string of the molecule is Cc1noc(C)c1S(=O)(=O)N1CCC2(CC1)CC(CNC(=O)c1ccccc1)CCO2. The molecule has 2 aliphatic heterocycles. The van der Waals surface area contributed by atoms with Crippen molar-refractivity contribution in [3.8, 4) is 0 Å². The Morgan fingerprint density at radius 3 is 2.58 bits per heavy atom. The molecule has 1 amide bonds. The Bertz CT molecular complexity index is 1010. The van der Waals surface area contributed by atoms with Gasteiger partial charge in [0.25, 0.3) is 5.91 Å². The molecule has 3 heterocycles. The monoisotopic (exact) mass is 447 g/mol. The Morgan fingerprint density at radius 2 is 1.94 bits per heavy atom. The summed E-state index contributed by atoms with van der Waals surface area (Å²) in [7, 11) is -3.64. The molecule has 0 radical (unpaired) electrons. The number of nitrogens with zero attached hydrogens (tertiary/aromatic N) is 2. The number of nitrogens with one attached hydrogen (secondary N) is 1. The maximum atomic E-state index is 13.1. The van der Waals surface area contributed by atoms with Crippen LogP contribution in [0.1, 0.15) is 47.5 Å². The maximum Gasteiger partial charge on any atom is 0.251 e. The molecule has 0 saturated carbocycles. The Kier molecular flexibility index (Phi) is 6.18. The molecular formula is C22H29N3O5S. The average Bonchev–Trinajstić information content (AvgIpc) is 3.12. The zero-order chi connectivity index (χ0) is 22.1. The van der Waals surface area contributed by atoms with Gasteiger partial charge in [-0.25, -0.2) is 8.42 Å². The van der Waals surface area contributed by atoms with E-state index in [0.717, 1.165) is 12.8 Å². The number of hydrogen-bond donors (Lipinski definition) is 1. The third kappa shape index (κ3) is 4.53. The van der Waals surface area contributed by atoms with Crippen molar-refractivity contribution >= 4 is 15.9 Å². The average molecular weight is 448 g/mol. The van der Waals surface area contributed by atoms with Gasteiger partial charge in [-0.15, -0.1) is 0 Å². The molecule has 2 fully saturated rings. The fourth-order valence-corrected chi connectivity index (χ4v) is 6.42. The molecule has 1 aromatic carbocycles. The van der Waals surface area contributed by atoms with Crippen molar-refractivity contribution in [3.05, 3.63) is 47.3 Å². The highest BCUT2D eigenvalue weighted by Crippen LogP contribution is 2.39. The lowest BCUT2D eigenvalue weighted by Gasteiger charge is -2.45. The standard InChI is InChI=1S/C22H29N3O5S/c1-16-20(17(2)30-24-16)31(27,28)25-11-9-22(10-12-25)14-18(8-13-29-22)15-23-21(26)19-6-4-3-5-7-19/h3-7,18H,8-15H2,1-2H3,(H,23,26). The highest BCUT2D eigenvalue weighted by atomic mass is 32.2. The minimum absolute atomic E-state index is 0.0680. The number of aryl methyl sites for hydroxylation is 2. The molecule has 9 heteroatoms. The first-order chi connectivity index (χ1) is 14.8. The van der Waals surface area contributed by atoms with Crippen LogP contribution < -0.4 is 5.32 Å². The summed E-state index contributed by atoms with van der Waals surface area (Å²) >= 11 is 0. The van der Waals surface area contributed by atoms with Gasteiger partial charge >= 0.3 is 0 Å². The molecule has 1 spiro atoms. The molecule has 1 N–H and O–H groups in total. The first kappa shape index (κ1) is 22.0. The van der Waals surface area contributed by atoms with Crippen LogP contribution in [0.2, 0.25) is 0 Å². The highest BCUT2D eigenvalue weighted by Gasteiger charge is 2.43. The number of benzene rings is 1. The largest absolute Gasteiger partial charge is 0.375 e. The number of carbonyl (C=O) groups is 1. The number of rotatable bonds is 5. The topological polar surface area (TPSA) is 102 Å². The van der Waals surface area contributed by atoms with E-state index in [4.69, 9.17) is 9.26 Å². The van der Waals surface area contributed by atoms with E-state index in [1.54, 1.807) is 26.0 Å². The third-order valence-corrected chi connectivity index (χ3v) is 8.53. The quantitative estimate of drug-likeness (QED) is 0.756. The Balaban J connectivity index is 1.35. The molecule has 1 aromatic heterocycles. The number of ether oxygens (including phenoxy) is 1. The van der Waals surface area contributed by atoms with Gasteiger partial charge < -0.3 is 14.6 Å². The van der Waals surface area contributed by atoms with Crippen LogP contribution in [-0.2, 0) is 14.8 Å². The zero-order valence-corrected chi connectivity index (χ0v) is 18.8. The van der Waals surface area contributed by atoms with Crippen LogP contribution in [0.5, 0.6) is 0 Å². The molecule has 2 saturated heterocycles. The second-order valence-corrected chi connectivity index (χ2v) is 10.4. The van der Waals surface area contributed by atoms with E-state index in [1.165, 1.54) is 4.31 Å². The van der Waals surface area contributed by atoms with E-state index in [9.17, 15) is 13.2 Å². The molecular weight excluding hydrogens is 418 g/mol. The summed E-state index contributed by atoms with van der Waals surface area (Å²) in [6, 6.07) is 9.19. The predicted octanol–water partition coefficient (Wildman–Crippen LogP) is 2.67. The highest BCUT2D eigenvalue weighted by molar-refractivity contribution is 7.89. The predicted molar refractivity (Wildman–Crippen MR) is 114 cm³/mol. The Morgan fingerprint density at radius 1 is 1.23 bits per heavy atom. The van der Waals surface area contributed by atoms with Gasteiger partial charge in [0.15, 0.2) is 5.76 Å². The van der Waals surface area contributed by atoms with Crippen LogP contribution in [0.15, 0.2) is 39.8 Å². The van der Waals surface area contributed by atoms with Crippen LogP contribution in [0.25, 0.3) is 0 Å². The van der Waals surface area contributed by atoms with Gasteiger partial charge in [-0.2, -0.15) is 4.31 Å². The molecule has 2 aromatic rings. The number of sulfonamides is 1. The number of piperidine rings is 1. The molecule has 1 atom stereocenters. The first-order valence-electron chi connectivity index (χ1n) is 10.7. The van der Waals surface area contributed by atoms with E-state index in [-0.39, 0.29) is 16.4 Å². The fraction of sp³-hybridized carbons (Fsp3) is 0.545. The van der Waals surface area contributed by atoms with E-state index in [2.05, 4.69) is 10.5 Å². The smallest absolute Gasteiger partial charge is 0.251 e. The minimum Gasteiger partial charge on any atom is -0.375 e. The molecule has 0 aliphatic carbocycles. The van der Waals surface area contributed by atoms with Crippen LogP contribution in [0.3, 0.4) is 0 Å². The van der Waals surface area contributed by atoms with Gasteiger partial charge in [0.2, 0.25) is 10.0 Å². The van der Waals surface area contributed by atoms with Crippen molar-refractivity contribution in [2.45, 2.75) is 50.0 Å². The molecule has 8 nitrogen and oxygen atoms in total. The Hall–Kier alpha value is -2.23. The normalized spacial score (nSPS) is 21.8. The van der Waals surface area contributed by atoms with Gasteiger partial charge in [-0.05, 0) is 57.6 Å². The van der Waals surface area contributed by atoms with Gasteiger partial charge in [-0.3, -0.25) is 4.79 Å². The summed E-state index contributed by atoms with van der Waals surface area (Å²) in [4.78, 5) is 12.5. The van der Waals surface area contributed by atoms with Gasteiger partial charge in [-0.1, -0.05) is 23.4 Å². The molecule has 0 bridgehead atoms. The summed E-state index contributed by atoms with van der Waals surface area (Å²) in [5.41, 5.74) is 0.716. The summed E-state index contributed by atoms with van der Waals surface area (Å²) in [5, 5.41) is 6.82. The lowest BCUT2D eigenvalue weighted by Crippen LogP contribution is -2.51. The van der Waals surface area contributed by atoms with E-state index < -0.39 is 10.0 Å². The summed E-state index contributed by atoms with van der Waals surface area (Å²) in [6.45, 7) is 5.29. The summed E-state index contributed by atoms with van der Waals surface area (Å²) < 4.78 is 38.9. The Labute approximate surface area is 183 Å². The minimum atomic E-state index is -3.64. The van der Waals surface area contributed by atoms with E-state index in [1.807, 2.05) is 18.2 Å². The van der Waals surface area contributed by atoms with Gasteiger partial charge in [0, 0.05) is 31.8 Å². The molecule has 1 unspecified atom stereocenters. The first-order valence-corrected chi connectivity index (χ1v) is 12.1. The number of amides is 1. The van der Waals surface area contributed by atoms with Crippen molar-refractivity contribution < 1.29 is 22.5 Å². The van der Waals surface area contributed by atoms with Crippen molar-refractivity contribution in [1.29, 1.82) is 0 Å². The van der Waals surface area contributed by atoms with Crippen molar-refractivity contribution in [3.63, 3.8) is 0 Å². The number of hydrogen-bond acceptors (Lipinski definition) is 6. The van der Waals surface area contributed by atoms with Gasteiger partial charge in [0.05, 0.1) is 5.60 Å². The van der Waals surface area contributed by atoms with Crippen molar-refractivity contribution in [2.24, 2.45) is 5.92 Å². The fourth-order valence-electron chi connectivity index (χ4n) is 4.69. The molecule has 31 heavy (non-hydrogen) atoms. The molecule has 4 rings (SSSR count). The third-order valence-electron chi connectivity index (χ3n) is 6.38. The van der Waals surface area contributed by atoms with Crippen LogP contribution >= 0.6 is 0 Å². The lowest BCUT2D eigenvalue weighted by molar-refractivity contribution is -0.119. The number of carbonyl (C=O) groups excluding carboxylic acids is 1. The number of aromatic nitrogens is 1. The van der Waals surface area contributed by atoms with Gasteiger partial charge in [0.1, 0.15) is 10.6 Å². The van der Waals surface area contributed by atoms with E-state index in [0.29, 0.717) is 62.0 Å². The lowest BCUT2D eigenvalue weighted by atomic mass is 9.80. The van der Waals surface area contributed by atoms with E-state index >= 15 is 0 Å². The summed E-state index contributed by atoms with van der Waals surface area (Å²) in [5.74, 6) is 0.564. The second kappa shape index (κ2) is 8.72. The zero-order valence-electron chi connectivity index (χ0n) is 18.0. The van der Waals surface area contributed by atoms with Crippen molar-refractivity contribution in [2.75, 3.05) is 26.2 Å². The molecule has 168 valence electrons. The maximum absolute atomic E-state index is 13.1. The van der Waals surface area contributed by atoms with Crippen LogP contribution in [-0.4, -0.2) is 55.6 Å². The van der Waals surface area contributed by atoms with Crippen LogP contribution in [0.4, 0.5) is 0 Å². The van der Waals surface area contributed by atoms with Crippen LogP contribution in [0, 0.1) is 19.8 Å². The molecule has 2 aliphatic rings.